The molecule has 0 radical (unpaired) electrons. The molecule has 0 spiro atoms. The van der Waals surface area contributed by atoms with Gasteiger partial charge in [0.05, 0.1) is 24.6 Å². The van der Waals surface area contributed by atoms with Crippen LogP contribution in [0, 0.1) is 52.3 Å². The Bertz CT molecular complexity index is 948. The predicted molar refractivity (Wildman–Crippen MR) is 123 cm³/mol. The first-order valence-corrected chi connectivity index (χ1v) is 12.6. The summed E-state index contributed by atoms with van der Waals surface area (Å²) in [6.45, 7) is 2.79. The maximum atomic E-state index is 13.3. The van der Waals surface area contributed by atoms with Gasteiger partial charge >= 0.3 is 0 Å². The van der Waals surface area contributed by atoms with Gasteiger partial charge in [-0.05, 0) is 92.8 Å². The number of amides is 1. The molecule has 33 heavy (non-hydrogen) atoms. The normalized spacial score (nSPS) is 41.9. The molecule has 1 amide bonds. The van der Waals surface area contributed by atoms with Gasteiger partial charge in [-0.2, -0.15) is 5.26 Å². The van der Waals surface area contributed by atoms with Gasteiger partial charge in [-0.15, -0.1) is 0 Å². The summed E-state index contributed by atoms with van der Waals surface area (Å²) in [4.78, 5) is 21.5. The largest absolute Gasteiger partial charge is 0.387 e. The number of rotatable bonds is 4. The Hall–Kier alpha value is -2.04. The zero-order chi connectivity index (χ0) is 23.2. The molecule has 8 atom stereocenters. The van der Waals surface area contributed by atoms with E-state index in [9.17, 15) is 9.90 Å². The average molecular weight is 453 g/mol. The van der Waals surface area contributed by atoms with Gasteiger partial charge in [0.1, 0.15) is 6.07 Å². The van der Waals surface area contributed by atoms with E-state index in [0.29, 0.717) is 36.1 Å². The van der Waals surface area contributed by atoms with Gasteiger partial charge < -0.3 is 15.2 Å². The Labute approximate surface area is 196 Å². The molecule has 4 fully saturated rings. The number of aromatic nitrogens is 2. The third-order valence-corrected chi connectivity index (χ3v) is 9.83. The Morgan fingerprint density at radius 2 is 2.00 bits per heavy atom. The van der Waals surface area contributed by atoms with Crippen molar-refractivity contribution in [1.29, 1.82) is 5.26 Å². The summed E-state index contributed by atoms with van der Waals surface area (Å²) in [7, 11) is 1.68. The van der Waals surface area contributed by atoms with E-state index in [1.165, 1.54) is 31.7 Å². The molecular formula is C26H36N4O3. The highest BCUT2D eigenvalue weighted by Crippen LogP contribution is 2.64. The smallest absolute Gasteiger partial charge is 0.229 e. The Morgan fingerprint density at radius 3 is 2.79 bits per heavy atom. The lowest BCUT2D eigenvalue weighted by molar-refractivity contribution is -0.134. The molecular weight excluding hydrogens is 416 g/mol. The number of carbonyl (C=O) groups is 1. The minimum atomic E-state index is -0.645. The minimum absolute atomic E-state index is 0.0177. The number of carbonyl (C=O) groups excluding carboxylic acids is 1. The van der Waals surface area contributed by atoms with Crippen molar-refractivity contribution in [3.8, 4) is 6.07 Å². The molecule has 1 aromatic rings. The molecule has 1 aromatic heterocycles. The molecule has 2 N–H and O–H groups in total. The first-order valence-electron chi connectivity index (χ1n) is 12.6. The third-order valence-electron chi connectivity index (χ3n) is 9.83. The lowest BCUT2D eigenvalue weighted by Crippen LogP contribution is -2.52. The summed E-state index contributed by atoms with van der Waals surface area (Å²) in [6.07, 6.45) is 12.5. The van der Waals surface area contributed by atoms with Crippen molar-refractivity contribution in [3.63, 3.8) is 0 Å². The first kappa shape index (κ1) is 22.7. The number of fused-ring (bicyclic) bond motifs is 5. The van der Waals surface area contributed by atoms with Gasteiger partial charge in [-0.25, -0.2) is 4.98 Å². The van der Waals surface area contributed by atoms with E-state index in [1.54, 1.807) is 7.11 Å². The van der Waals surface area contributed by atoms with Crippen LogP contribution >= 0.6 is 0 Å². The number of aliphatic hydroxyl groups is 1. The maximum Gasteiger partial charge on any atom is 0.229 e. The van der Waals surface area contributed by atoms with Gasteiger partial charge in [-0.3, -0.25) is 9.78 Å². The van der Waals surface area contributed by atoms with Crippen LogP contribution < -0.4 is 5.32 Å². The van der Waals surface area contributed by atoms with Crippen LogP contribution in [0.5, 0.6) is 0 Å². The minimum Gasteiger partial charge on any atom is -0.387 e. The number of hydrogen-bond acceptors (Lipinski definition) is 6. The van der Waals surface area contributed by atoms with Crippen LogP contribution in [0.25, 0.3) is 0 Å². The molecule has 5 rings (SSSR count). The van der Waals surface area contributed by atoms with Crippen LogP contribution in [-0.2, 0) is 9.53 Å². The van der Waals surface area contributed by atoms with E-state index < -0.39 is 5.60 Å². The van der Waals surface area contributed by atoms with Crippen LogP contribution in [0.4, 0.5) is 5.82 Å². The topological polar surface area (TPSA) is 108 Å². The van der Waals surface area contributed by atoms with Crippen LogP contribution in [0.3, 0.4) is 0 Å². The number of hydrogen-bond donors (Lipinski definition) is 2. The summed E-state index contributed by atoms with van der Waals surface area (Å²) in [5.74, 6) is 3.70. The van der Waals surface area contributed by atoms with Gasteiger partial charge in [0.15, 0.2) is 11.5 Å². The van der Waals surface area contributed by atoms with Crippen LogP contribution in [0.15, 0.2) is 12.4 Å². The second-order valence-electron chi connectivity index (χ2n) is 11.4. The monoisotopic (exact) mass is 452 g/mol. The number of ether oxygens (including phenoxy) is 1. The van der Waals surface area contributed by atoms with E-state index in [-0.39, 0.29) is 22.9 Å². The van der Waals surface area contributed by atoms with Crippen molar-refractivity contribution < 1.29 is 14.6 Å². The molecule has 7 heteroatoms. The van der Waals surface area contributed by atoms with Crippen LogP contribution in [0.2, 0.25) is 0 Å². The van der Waals surface area contributed by atoms with Crippen molar-refractivity contribution in [2.75, 3.05) is 19.0 Å². The summed E-state index contributed by atoms with van der Waals surface area (Å²) >= 11 is 0. The molecule has 4 aliphatic carbocycles. The second-order valence-corrected chi connectivity index (χ2v) is 11.4. The fraction of sp³-hybridized carbons (Fsp3) is 0.769. The molecule has 0 aromatic carbocycles. The summed E-state index contributed by atoms with van der Waals surface area (Å²) in [6, 6.07) is 1.98. The number of nitrogens with zero attached hydrogens (tertiary/aromatic N) is 3. The van der Waals surface area contributed by atoms with E-state index in [0.717, 1.165) is 44.4 Å². The molecule has 0 bridgehead atoms. The summed E-state index contributed by atoms with van der Waals surface area (Å²) in [5, 5.41) is 23.0. The molecule has 0 unspecified atom stereocenters. The Morgan fingerprint density at radius 1 is 1.18 bits per heavy atom. The maximum absolute atomic E-state index is 13.3. The molecule has 4 saturated carbocycles. The van der Waals surface area contributed by atoms with Crippen molar-refractivity contribution in [3.05, 3.63) is 18.1 Å². The zero-order valence-corrected chi connectivity index (χ0v) is 19.8. The highest BCUT2D eigenvalue weighted by Gasteiger charge is 2.59. The molecule has 7 nitrogen and oxygen atoms in total. The van der Waals surface area contributed by atoms with Gasteiger partial charge in [0, 0.05) is 13.0 Å². The average Bonchev–Trinajstić information content (AvgIpc) is 3.16. The van der Waals surface area contributed by atoms with Crippen LogP contribution in [0.1, 0.15) is 70.4 Å². The molecule has 0 aliphatic heterocycles. The lowest BCUT2D eigenvalue weighted by atomic mass is 9.49. The van der Waals surface area contributed by atoms with E-state index >= 15 is 0 Å². The molecule has 4 aliphatic rings. The number of methoxy groups -OCH3 is 1. The summed E-state index contributed by atoms with van der Waals surface area (Å²) < 4.78 is 5.32. The van der Waals surface area contributed by atoms with Crippen molar-refractivity contribution in [2.45, 2.75) is 70.3 Å². The van der Waals surface area contributed by atoms with E-state index in [2.05, 4.69) is 22.2 Å². The standard InChI is InChI=1S/C26H36N4O3/c1-25-9-7-19-18-8-10-26(32,15-33-2)11-16(18)3-4-20(19)21(25)5-6-22(25)24(31)30-23-14-28-13-17(12-27)29-23/h13-14,16,18-22,32H,3-11,15H2,1-2H3,(H,29,30,31)/t16-,18+,19-,20-,21+,22-,25+,26-/m1/s1. The van der Waals surface area contributed by atoms with Crippen LogP contribution in [-0.4, -0.2) is 40.3 Å². The highest BCUT2D eigenvalue weighted by atomic mass is 16.5. The quantitative estimate of drug-likeness (QED) is 0.716. The van der Waals surface area contributed by atoms with Gasteiger partial charge in [0.2, 0.25) is 5.91 Å². The fourth-order valence-corrected chi connectivity index (χ4v) is 8.49. The highest BCUT2D eigenvalue weighted by molar-refractivity contribution is 5.92. The molecule has 1 heterocycles. The SMILES string of the molecule is COC[C@@]1(O)CC[C@H]2[C@H](CC[C@@H]3[C@@H]2CC[C@]2(C)[C@@H](C(=O)Nc4cncc(C#N)n4)CC[C@@H]32)C1. The first-order chi connectivity index (χ1) is 15.9. The predicted octanol–water partition coefficient (Wildman–Crippen LogP) is 3.93. The van der Waals surface area contributed by atoms with Gasteiger partial charge in [0.25, 0.3) is 0 Å². The number of nitrogens with one attached hydrogen (secondary N) is 1. The second kappa shape index (κ2) is 8.63. The molecule has 0 saturated heterocycles. The Kier molecular flexibility index (Phi) is 5.95. The van der Waals surface area contributed by atoms with Crippen molar-refractivity contribution in [1.82, 2.24) is 9.97 Å². The summed E-state index contributed by atoms with van der Waals surface area (Å²) in [5.41, 5.74) is -0.414. The van der Waals surface area contributed by atoms with E-state index in [4.69, 9.17) is 10.00 Å². The van der Waals surface area contributed by atoms with Gasteiger partial charge in [-0.1, -0.05) is 6.92 Å². The van der Waals surface area contributed by atoms with Crippen molar-refractivity contribution >= 4 is 11.7 Å². The Balaban J connectivity index is 1.28. The molecule has 178 valence electrons. The fourth-order valence-electron chi connectivity index (χ4n) is 8.49. The number of nitriles is 1. The third kappa shape index (κ3) is 3.95. The van der Waals surface area contributed by atoms with E-state index in [1.807, 2.05) is 6.07 Å². The lowest BCUT2D eigenvalue weighted by Gasteiger charge is -2.57. The van der Waals surface area contributed by atoms with Crippen molar-refractivity contribution in [2.24, 2.45) is 40.9 Å². The number of anilines is 1. The zero-order valence-electron chi connectivity index (χ0n) is 19.8.